The lowest BCUT2D eigenvalue weighted by molar-refractivity contribution is -0.385. The number of hydroxylamine groups is 2. The lowest BCUT2D eigenvalue weighted by Gasteiger charge is -2.01. The van der Waals surface area contributed by atoms with E-state index < -0.39 is 10.8 Å². The van der Waals surface area contributed by atoms with Crippen molar-refractivity contribution in [2.24, 2.45) is 0 Å². The van der Waals surface area contributed by atoms with E-state index in [0.717, 1.165) is 0 Å². The molecule has 1 aliphatic heterocycles. The summed E-state index contributed by atoms with van der Waals surface area (Å²) in [6.45, 7) is -0.120. The van der Waals surface area contributed by atoms with E-state index in [2.05, 4.69) is 0 Å². The van der Waals surface area contributed by atoms with Crippen LogP contribution in [-0.2, 0) is 6.54 Å². The summed E-state index contributed by atoms with van der Waals surface area (Å²) in [5, 5.41) is 20.1. The lowest BCUT2D eigenvalue weighted by atomic mass is 10.1. The summed E-state index contributed by atoms with van der Waals surface area (Å²) in [7, 11) is 0. The molecule has 1 aromatic carbocycles. The van der Waals surface area contributed by atoms with Crippen LogP contribution in [0.4, 0.5) is 5.69 Å². The summed E-state index contributed by atoms with van der Waals surface area (Å²) >= 11 is 0. The third kappa shape index (κ3) is 1.05. The molecule has 0 aliphatic carbocycles. The zero-order chi connectivity index (χ0) is 10.3. The Balaban J connectivity index is 2.61. The first-order valence-electron chi connectivity index (χ1n) is 3.88. The number of nitro benzene ring substituents is 1. The van der Waals surface area contributed by atoms with Crippen LogP contribution in [0.1, 0.15) is 15.9 Å². The van der Waals surface area contributed by atoms with E-state index in [0.29, 0.717) is 5.06 Å². The standard InChI is InChI=1S/C8H6N2O4/c11-8-5-2-1-3-7(10(13)14)6(5)4-9(8)12/h1-3,12H,4H2. The fraction of sp³-hybridized carbons (Fsp3) is 0.125. The van der Waals surface area contributed by atoms with Gasteiger partial charge in [0, 0.05) is 6.07 Å². The Labute approximate surface area is 78.5 Å². The van der Waals surface area contributed by atoms with Gasteiger partial charge >= 0.3 is 0 Å². The molecule has 14 heavy (non-hydrogen) atoms. The number of nitro groups is 1. The minimum atomic E-state index is -0.594. The Hall–Kier alpha value is -1.95. The summed E-state index contributed by atoms with van der Waals surface area (Å²) in [4.78, 5) is 21.2. The van der Waals surface area contributed by atoms with Crippen LogP contribution in [0.25, 0.3) is 0 Å². The Morgan fingerprint density at radius 3 is 2.86 bits per heavy atom. The van der Waals surface area contributed by atoms with Crippen LogP contribution >= 0.6 is 0 Å². The Morgan fingerprint density at radius 1 is 1.50 bits per heavy atom. The van der Waals surface area contributed by atoms with Gasteiger partial charge in [0.1, 0.15) is 0 Å². The topological polar surface area (TPSA) is 83.7 Å². The minimum absolute atomic E-state index is 0.120. The minimum Gasteiger partial charge on any atom is -0.285 e. The molecule has 1 aromatic rings. The summed E-state index contributed by atoms with van der Waals surface area (Å²) in [5.41, 5.74) is 0.333. The SMILES string of the molecule is O=C1c2cccc([N+](=O)[O-])c2CN1O. The molecule has 0 unspecified atom stereocenters. The Kier molecular flexibility index (Phi) is 1.71. The molecule has 0 spiro atoms. The van der Waals surface area contributed by atoms with Gasteiger partial charge in [-0.2, -0.15) is 0 Å². The molecule has 0 fully saturated rings. The van der Waals surface area contributed by atoms with E-state index in [4.69, 9.17) is 5.21 Å². The molecular weight excluding hydrogens is 188 g/mol. The second-order valence-corrected chi connectivity index (χ2v) is 2.92. The van der Waals surface area contributed by atoms with Crippen LogP contribution in [0.2, 0.25) is 0 Å². The number of rotatable bonds is 1. The number of nitrogens with zero attached hydrogens (tertiary/aromatic N) is 2. The molecule has 6 nitrogen and oxygen atoms in total. The van der Waals surface area contributed by atoms with E-state index in [1.165, 1.54) is 18.2 Å². The van der Waals surface area contributed by atoms with Crippen LogP contribution in [0.5, 0.6) is 0 Å². The van der Waals surface area contributed by atoms with Crippen LogP contribution in [0.3, 0.4) is 0 Å². The average molecular weight is 194 g/mol. The molecule has 1 amide bonds. The third-order valence-electron chi connectivity index (χ3n) is 2.12. The maximum Gasteiger partial charge on any atom is 0.278 e. The lowest BCUT2D eigenvalue weighted by Crippen LogP contribution is -2.18. The number of carbonyl (C=O) groups excluding carboxylic acids is 1. The molecule has 2 rings (SSSR count). The maximum absolute atomic E-state index is 11.2. The second kappa shape index (κ2) is 2.78. The van der Waals surface area contributed by atoms with Crippen molar-refractivity contribution in [3.05, 3.63) is 39.4 Å². The maximum atomic E-state index is 11.2. The van der Waals surface area contributed by atoms with Crippen molar-refractivity contribution in [3.8, 4) is 0 Å². The predicted octanol–water partition coefficient (Wildman–Crippen LogP) is 0.940. The first kappa shape index (κ1) is 8.64. The van der Waals surface area contributed by atoms with Gasteiger partial charge in [-0.1, -0.05) is 6.07 Å². The average Bonchev–Trinajstić information content (AvgIpc) is 2.43. The van der Waals surface area contributed by atoms with Gasteiger partial charge < -0.3 is 0 Å². The van der Waals surface area contributed by atoms with Gasteiger partial charge in [0.25, 0.3) is 11.6 Å². The molecule has 0 saturated heterocycles. The smallest absolute Gasteiger partial charge is 0.278 e. The van der Waals surface area contributed by atoms with Gasteiger partial charge in [-0.15, -0.1) is 0 Å². The highest BCUT2D eigenvalue weighted by molar-refractivity contribution is 5.98. The molecule has 0 bridgehead atoms. The monoisotopic (exact) mass is 194 g/mol. The largest absolute Gasteiger partial charge is 0.285 e. The van der Waals surface area contributed by atoms with Crippen LogP contribution in [-0.4, -0.2) is 21.1 Å². The van der Waals surface area contributed by atoms with E-state index in [9.17, 15) is 14.9 Å². The zero-order valence-electron chi connectivity index (χ0n) is 7.01. The van der Waals surface area contributed by atoms with Crippen LogP contribution in [0.15, 0.2) is 18.2 Å². The molecule has 1 aliphatic rings. The van der Waals surface area contributed by atoms with Crippen molar-refractivity contribution >= 4 is 11.6 Å². The number of hydrogen-bond donors (Lipinski definition) is 1. The van der Waals surface area contributed by atoms with E-state index in [1.54, 1.807) is 0 Å². The van der Waals surface area contributed by atoms with Gasteiger partial charge in [0.2, 0.25) is 0 Å². The van der Waals surface area contributed by atoms with Crippen molar-refractivity contribution < 1.29 is 14.9 Å². The number of hydrogen-bond acceptors (Lipinski definition) is 4. The summed E-state index contributed by atoms with van der Waals surface area (Å²) < 4.78 is 0. The number of benzene rings is 1. The highest BCUT2D eigenvalue weighted by Crippen LogP contribution is 2.29. The predicted molar refractivity (Wildman–Crippen MR) is 44.8 cm³/mol. The molecule has 0 aromatic heterocycles. The van der Waals surface area contributed by atoms with E-state index in [-0.39, 0.29) is 23.4 Å². The van der Waals surface area contributed by atoms with Gasteiger partial charge in [0.15, 0.2) is 0 Å². The molecule has 72 valence electrons. The van der Waals surface area contributed by atoms with Gasteiger partial charge in [-0.05, 0) is 6.07 Å². The van der Waals surface area contributed by atoms with Gasteiger partial charge in [0.05, 0.1) is 22.6 Å². The van der Waals surface area contributed by atoms with E-state index in [1.807, 2.05) is 0 Å². The molecule has 1 N–H and O–H groups in total. The van der Waals surface area contributed by atoms with Crippen molar-refractivity contribution in [2.45, 2.75) is 6.54 Å². The molecule has 0 radical (unpaired) electrons. The Morgan fingerprint density at radius 2 is 2.21 bits per heavy atom. The summed E-state index contributed by atoms with van der Waals surface area (Å²) in [6.07, 6.45) is 0. The third-order valence-corrected chi connectivity index (χ3v) is 2.12. The quantitative estimate of drug-likeness (QED) is 0.409. The summed E-state index contributed by atoms with van der Waals surface area (Å²) in [6, 6.07) is 4.19. The molecule has 6 heteroatoms. The van der Waals surface area contributed by atoms with Crippen molar-refractivity contribution in [1.82, 2.24) is 5.06 Å². The number of amides is 1. The molecule has 0 saturated carbocycles. The van der Waals surface area contributed by atoms with Crippen molar-refractivity contribution in [1.29, 1.82) is 0 Å². The number of fused-ring (bicyclic) bond motifs is 1. The molecule has 0 atom stereocenters. The van der Waals surface area contributed by atoms with Crippen molar-refractivity contribution in [3.63, 3.8) is 0 Å². The first-order chi connectivity index (χ1) is 6.61. The number of carbonyl (C=O) groups is 1. The fourth-order valence-electron chi connectivity index (χ4n) is 1.47. The van der Waals surface area contributed by atoms with Crippen molar-refractivity contribution in [2.75, 3.05) is 0 Å². The Bertz CT molecular complexity index is 429. The van der Waals surface area contributed by atoms with Crippen LogP contribution < -0.4 is 0 Å². The molecule has 1 heterocycles. The fourth-order valence-corrected chi connectivity index (χ4v) is 1.47. The zero-order valence-corrected chi connectivity index (χ0v) is 7.01. The van der Waals surface area contributed by atoms with Crippen LogP contribution in [0, 0.1) is 10.1 Å². The highest BCUT2D eigenvalue weighted by Gasteiger charge is 2.32. The molecular formula is C8H6N2O4. The van der Waals surface area contributed by atoms with Gasteiger partial charge in [-0.25, -0.2) is 5.06 Å². The highest BCUT2D eigenvalue weighted by atomic mass is 16.6. The first-order valence-corrected chi connectivity index (χ1v) is 3.88. The van der Waals surface area contributed by atoms with E-state index >= 15 is 0 Å². The van der Waals surface area contributed by atoms with Gasteiger partial charge in [-0.3, -0.25) is 20.1 Å². The second-order valence-electron chi connectivity index (χ2n) is 2.92. The summed E-state index contributed by atoms with van der Waals surface area (Å²) in [5.74, 6) is -0.594. The normalized spacial score (nSPS) is 14.4.